The van der Waals surface area contributed by atoms with Crippen molar-refractivity contribution in [2.45, 2.75) is 6.42 Å². The van der Waals surface area contributed by atoms with Crippen LogP contribution in [0.2, 0.25) is 0 Å². The number of para-hydroxylation sites is 1. The van der Waals surface area contributed by atoms with Gasteiger partial charge in [-0.05, 0) is 24.1 Å². The highest BCUT2D eigenvalue weighted by molar-refractivity contribution is 5.78. The van der Waals surface area contributed by atoms with Gasteiger partial charge in [-0.25, -0.2) is 0 Å². The zero-order valence-corrected chi connectivity index (χ0v) is 8.61. The molecule has 0 aliphatic heterocycles. The van der Waals surface area contributed by atoms with E-state index < -0.39 is 0 Å². The van der Waals surface area contributed by atoms with Gasteiger partial charge in [0.05, 0.1) is 5.52 Å². The molecule has 1 heterocycles. The number of nitrogens with zero attached hydrogens (tertiary/aromatic N) is 1. The molecule has 1 aromatic heterocycles. The molecule has 0 saturated heterocycles. The molecule has 0 unspecified atom stereocenters. The molecule has 0 spiro atoms. The molecule has 0 saturated carbocycles. The molecule has 2 heteroatoms. The Morgan fingerprint density at radius 2 is 2.13 bits per heavy atom. The Kier molecular flexibility index (Phi) is 2.79. The maximum atomic E-state index is 5.51. The Balaban J connectivity index is 2.34. The Bertz CT molecular complexity index is 489. The molecule has 0 atom stereocenters. The van der Waals surface area contributed by atoms with Crippen molar-refractivity contribution in [1.29, 1.82) is 0 Å². The number of aromatic nitrogens is 1. The normalized spacial score (nSPS) is 10.5. The van der Waals surface area contributed by atoms with Gasteiger partial charge in [0, 0.05) is 18.1 Å². The highest BCUT2D eigenvalue weighted by atomic mass is 14.6. The van der Waals surface area contributed by atoms with Crippen molar-refractivity contribution >= 4 is 10.9 Å². The van der Waals surface area contributed by atoms with E-state index in [0.717, 1.165) is 17.5 Å². The number of hydrogen-bond acceptors (Lipinski definition) is 2. The summed E-state index contributed by atoms with van der Waals surface area (Å²) in [6.45, 7) is 4.43. The van der Waals surface area contributed by atoms with Gasteiger partial charge in [-0.1, -0.05) is 30.4 Å². The van der Waals surface area contributed by atoms with Crippen LogP contribution in [0, 0.1) is 0 Å². The molecule has 0 aliphatic carbocycles. The summed E-state index contributed by atoms with van der Waals surface area (Å²) in [5.41, 5.74) is 8.74. The lowest BCUT2D eigenvalue weighted by Crippen LogP contribution is -2.04. The van der Waals surface area contributed by atoms with Gasteiger partial charge in [-0.2, -0.15) is 0 Å². The summed E-state index contributed by atoms with van der Waals surface area (Å²) in [6.07, 6.45) is 2.71. The highest BCUT2D eigenvalue weighted by Crippen LogP contribution is 2.14. The summed E-state index contributed by atoms with van der Waals surface area (Å²) in [7, 11) is 0. The SMILES string of the molecule is C=C(CN)Cc1cnc2ccccc2c1. The molecule has 0 amide bonds. The third kappa shape index (κ3) is 2.22. The number of benzene rings is 1. The Labute approximate surface area is 89.4 Å². The maximum Gasteiger partial charge on any atom is 0.0702 e. The molecule has 0 fully saturated rings. The largest absolute Gasteiger partial charge is 0.327 e. The molecule has 2 nitrogen and oxygen atoms in total. The van der Waals surface area contributed by atoms with E-state index in [9.17, 15) is 0 Å². The van der Waals surface area contributed by atoms with Crippen LogP contribution in [0.25, 0.3) is 10.9 Å². The summed E-state index contributed by atoms with van der Waals surface area (Å²) in [5.74, 6) is 0. The van der Waals surface area contributed by atoms with Crippen LogP contribution in [0.3, 0.4) is 0 Å². The highest BCUT2D eigenvalue weighted by Gasteiger charge is 1.98. The standard InChI is InChI=1S/C13H14N2/c1-10(8-14)6-11-7-12-4-2-3-5-13(12)15-9-11/h2-5,7,9H,1,6,8,14H2. The molecular weight excluding hydrogens is 184 g/mol. The molecule has 0 radical (unpaired) electrons. The summed E-state index contributed by atoms with van der Waals surface area (Å²) < 4.78 is 0. The van der Waals surface area contributed by atoms with E-state index in [1.807, 2.05) is 24.4 Å². The lowest BCUT2D eigenvalue weighted by molar-refractivity contribution is 1.04. The van der Waals surface area contributed by atoms with E-state index >= 15 is 0 Å². The van der Waals surface area contributed by atoms with Gasteiger partial charge in [0.25, 0.3) is 0 Å². The van der Waals surface area contributed by atoms with E-state index in [0.29, 0.717) is 6.54 Å². The van der Waals surface area contributed by atoms with Crippen LogP contribution in [-0.2, 0) is 6.42 Å². The van der Waals surface area contributed by atoms with E-state index in [1.54, 1.807) is 0 Å². The lowest BCUT2D eigenvalue weighted by Gasteiger charge is -2.04. The van der Waals surface area contributed by atoms with Crippen molar-refractivity contribution in [2.24, 2.45) is 5.73 Å². The van der Waals surface area contributed by atoms with Crippen molar-refractivity contribution in [2.75, 3.05) is 6.54 Å². The fourth-order valence-electron chi connectivity index (χ4n) is 1.57. The van der Waals surface area contributed by atoms with E-state index in [-0.39, 0.29) is 0 Å². The van der Waals surface area contributed by atoms with Crippen molar-refractivity contribution in [3.05, 3.63) is 54.2 Å². The number of fused-ring (bicyclic) bond motifs is 1. The van der Waals surface area contributed by atoms with Gasteiger partial charge in [0.15, 0.2) is 0 Å². The van der Waals surface area contributed by atoms with Crippen molar-refractivity contribution in [3.63, 3.8) is 0 Å². The predicted molar refractivity (Wildman–Crippen MR) is 63.6 cm³/mol. The average molecular weight is 198 g/mol. The van der Waals surface area contributed by atoms with Crippen molar-refractivity contribution < 1.29 is 0 Å². The molecule has 15 heavy (non-hydrogen) atoms. The maximum absolute atomic E-state index is 5.51. The number of pyridine rings is 1. The van der Waals surface area contributed by atoms with Gasteiger partial charge in [0.1, 0.15) is 0 Å². The minimum atomic E-state index is 0.535. The zero-order valence-electron chi connectivity index (χ0n) is 8.61. The van der Waals surface area contributed by atoms with Crippen LogP contribution in [0.15, 0.2) is 48.7 Å². The summed E-state index contributed by atoms with van der Waals surface area (Å²) in [4.78, 5) is 4.39. The molecule has 0 bridgehead atoms. The van der Waals surface area contributed by atoms with E-state index in [1.165, 1.54) is 10.9 Å². The molecule has 0 aliphatic rings. The number of nitrogens with two attached hydrogens (primary N) is 1. The summed E-state index contributed by atoms with van der Waals surface area (Å²) in [5, 5.41) is 1.17. The zero-order chi connectivity index (χ0) is 10.7. The molecule has 76 valence electrons. The second-order valence-electron chi connectivity index (χ2n) is 3.67. The smallest absolute Gasteiger partial charge is 0.0702 e. The van der Waals surface area contributed by atoms with Gasteiger partial charge in [-0.15, -0.1) is 0 Å². The van der Waals surface area contributed by atoms with Crippen LogP contribution in [0.4, 0.5) is 0 Å². The Morgan fingerprint density at radius 3 is 2.93 bits per heavy atom. The van der Waals surface area contributed by atoms with Crippen LogP contribution < -0.4 is 5.73 Å². The fourth-order valence-corrected chi connectivity index (χ4v) is 1.57. The third-order valence-corrected chi connectivity index (χ3v) is 2.39. The van der Waals surface area contributed by atoms with Gasteiger partial charge in [0.2, 0.25) is 0 Å². The minimum absolute atomic E-state index is 0.535. The second kappa shape index (κ2) is 4.24. The minimum Gasteiger partial charge on any atom is -0.327 e. The molecule has 2 rings (SSSR count). The third-order valence-electron chi connectivity index (χ3n) is 2.39. The van der Waals surface area contributed by atoms with E-state index in [4.69, 9.17) is 5.73 Å². The van der Waals surface area contributed by atoms with Crippen LogP contribution >= 0.6 is 0 Å². The number of hydrogen-bond donors (Lipinski definition) is 1. The van der Waals surface area contributed by atoms with Crippen LogP contribution in [0.1, 0.15) is 5.56 Å². The first-order chi connectivity index (χ1) is 7.29. The van der Waals surface area contributed by atoms with Crippen LogP contribution in [-0.4, -0.2) is 11.5 Å². The summed E-state index contributed by atoms with van der Waals surface area (Å²) >= 11 is 0. The Hall–Kier alpha value is -1.67. The van der Waals surface area contributed by atoms with Crippen molar-refractivity contribution in [3.8, 4) is 0 Å². The second-order valence-corrected chi connectivity index (χ2v) is 3.67. The van der Waals surface area contributed by atoms with Crippen LogP contribution in [0.5, 0.6) is 0 Å². The lowest BCUT2D eigenvalue weighted by atomic mass is 10.1. The quantitative estimate of drug-likeness (QED) is 0.768. The molecule has 2 N–H and O–H groups in total. The van der Waals surface area contributed by atoms with E-state index in [2.05, 4.69) is 23.7 Å². The first-order valence-corrected chi connectivity index (χ1v) is 5.00. The molecular formula is C13H14N2. The topological polar surface area (TPSA) is 38.9 Å². The fraction of sp³-hybridized carbons (Fsp3) is 0.154. The first-order valence-electron chi connectivity index (χ1n) is 5.00. The van der Waals surface area contributed by atoms with Crippen molar-refractivity contribution in [1.82, 2.24) is 4.98 Å². The summed E-state index contributed by atoms with van der Waals surface area (Å²) in [6, 6.07) is 10.2. The molecule has 1 aromatic carbocycles. The van der Waals surface area contributed by atoms with Gasteiger partial charge in [-0.3, -0.25) is 4.98 Å². The number of rotatable bonds is 3. The monoisotopic (exact) mass is 198 g/mol. The first kappa shape index (κ1) is 9.87. The average Bonchev–Trinajstić information content (AvgIpc) is 2.29. The Morgan fingerprint density at radius 1 is 1.33 bits per heavy atom. The van der Waals surface area contributed by atoms with Gasteiger partial charge >= 0.3 is 0 Å². The van der Waals surface area contributed by atoms with Gasteiger partial charge < -0.3 is 5.73 Å². The molecule has 2 aromatic rings. The predicted octanol–water partition coefficient (Wildman–Crippen LogP) is 2.29.